The normalized spacial score (nSPS) is 11.5. The van der Waals surface area contributed by atoms with Gasteiger partial charge in [0.1, 0.15) is 0 Å². The molecule has 1 atom stereocenters. The highest BCUT2D eigenvalue weighted by Crippen LogP contribution is 2.24. The molecule has 1 N–H and O–H groups in total. The molecule has 0 aliphatic heterocycles. The lowest BCUT2D eigenvalue weighted by Gasteiger charge is -2.13. The van der Waals surface area contributed by atoms with Crippen LogP contribution >= 0.6 is 23.4 Å². The molecular formula is C20H20ClNO3S. The summed E-state index contributed by atoms with van der Waals surface area (Å²) in [5.74, 6) is -0.102. The van der Waals surface area contributed by atoms with Crippen LogP contribution in [-0.2, 0) is 15.3 Å². The number of amides is 1. The third kappa shape index (κ3) is 6.24. The Morgan fingerprint density at radius 1 is 1.19 bits per heavy atom. The quantitative estimate of drug-likeness (QED) is 0.411. The van der Waals surface area contributed by atoms with Crippen LogP contribution in [0.15, 0.2) is 66.1 Å². The molecule has 0 saturated carbocycles. The van der Waals surface area contributed by atoms with Gasteiger partial charge in [0.05, 0.1) is 5.56 Å². The van der Waals surface area contributed by atoms with Crippen molar-refractivity contribution in [3.63, 3.8) is 0 Å². The largest absolute Gasteiger partial charge is 0.449 e. The topological polar surface area (TPSA) is 55.4 Å². The van der Waals surface area contributed by atoms with Gasteiger partial charge < -0.3 is 10.1 Å². The average molecular weight is 390 g/mol. The van der Waals surface area contributed by atoms with Crippen molar-refractivity contribution in [2.75, 3.05) is 6.54 Å². The van der Waals surface area contributed by atoms with Gasteiger partial charge in [-0.25, -0.2) is 4.79 Å². The monoisotopic (exact) mass is 389 g/mol. The number of esters is 1. The molecule has 1 amide bonds. The van der Waals surface area contributed by atoms with Gasteiger partial charge >= 0.3 is 5.97 Å². The molecule has 136 valence electrons. The number of ether oxygens (including phenoxy) is 1. The molecule has 0 saturated heterocycles. The molecule has 1 unspecified atom stereocenters. The van der Waals surface area contributed by atoms with Crippen molar-refractivity contribution >= 4 is 35.2 Å². The number of hydrogen-bond donors (Lipinski definition) is 1. The summed E-state index contributed by atoms with van der Waals surface area (Å²) in [4.78, 5) is 25.0. The second-order valence-electron chi connectivity index (χ2n) is 5.52. The molecule has 2 rings (SSSR count). The van der Waals surface area contributed by atoms with E-state index in [1.54, 1.807) is 30.0 Å². The van der Waals surface area contributed by atoms with Crippen LogP contribution < -0.4 is 5.32 Å². The van der Waals surface area contributed by atoms with Crippen LogP contribution in [0.3, 0.4) is 0 Å². The number of halogens is 1. The first-order chi connectivity index (χ1) is 12.5. The minimum Gasteiger partial charge on any atom is -0.449 e. The molecule has 6 heteroatoms. The smallest absolute Gasteiger partial charge is 0.338 e. The maximum atomic E-state index is 12.1. The van der Waals surface area contributed by atoms with Gasteiger partial charge in [-0.2, -0.15) is 0 Å². The summed E-state index contributed by atoms with van der Waals surface area (Å²) in [7, 11) is 0. The van der Waals surface area contributed by atoms with Crippen molar-refractivity contribution in [2.45, 2.75) is 23.7 Å². The summed E-state index contributed by atoms with van der Waals surface area (Å²) in [6.07, 6.45) is 0.704. The van der Waals surface area contributed by atoms with Crippen LogP contribution in [0.4, 0.5) is 0 Å². The Morgan fingerprint density at radius 2 is 1.85 bits per heavy atom. The minimum atomic E-state index is -0.859. The Kier molecular flexibility index (Phi) is 7.75. The average Bonchev–Trinajstić information content (AvgIpc) is 2.66. The van der Waals surface area contributed by atoms with E-state index in [1.165, 1.54) is 6.92 Å². The van der Waals surface area contributed by atoms with Crippen molar-refractivity contribution in [1.82, 2.24) is 5.32 Å². The maximum absolute atomic E-state index is 12.1. The molecule has 0 aliphatic carbocycles. The van der Waals surface area contributed by atoms with Crippen LogP contribution in [0.2, 0.25) is 5.02 Å². The van der Waals surface area contributed by atoms with Gasteiger partial charge in [-0.15, -0.1) is 18.3 Å². The number of rotatable bonds is 8. The first kappa shape index (κ1) is 20.1. The molecule has 4 nitrogen and oxygen atoms in total. The van der Waals surface area contributed by atoms with Gasteiger partial charge in [-0.3, -0.25) is 4.79 Å². The lowest BCUT2D eigenvalue weighted by molar-refractivity contribution is -0.128. The van der Waals surface area contributed by atoms with Crippen LogP contribution in [0.1, 0.15) is 22.8 Å². The molecule has 0 aromatic heterocycles. The Hall–Kier alpha value is -2.24. The van der Waals surface area contributed by atoms with Crippen LogP contribution in [0, 0.1) is 0 Å². The van der Waals surface area contributed by atoms with E-state index in [9.17, 15) is 9.59 Å². The van der Waals surface area contributed by atoms with E-state index in [1.807, 2.05) is 36.4 Å². The zero-order valence-corrected chi connectivity index (χ0v) is 16.0. The standard InChI is InChI=1S/C20H20ClNO3S/c1-3-12-22-19(23)14(2)25-20(24)16-6-4-15(5-7-16)13-26-18-10-8-17(21)9-11-18/h3-11,14H,1,12-13H2,2H3,(H,22,23). The van der Waals surface area contributed by atoms with Crippen LogP contribution in [-0.4, -0.2) is 24.5 Å². The number of nitrogens with one attached hydrogen (secondary N) is 1. The third-order valence-electron chi connectivity index (χ3n) is 3.48. The summed E-state index contributed by atoms with van der Waals surface area (Å²) in [5, 5.41) is 3.30. The Bertz CT molecular complexity index is 760. The molecule has 0 spiro atoms. The number of carbonyl (C=O) groups excluding carboxylic acids is 2. The van der Waals surface area contributed by atoms with Gasteiger partial charge in [0, 0.05) is 22.2 Å². The molecule has 0 aliphatic rings. The lowest BCUT2D eigenvalue weighted by atomic mass is 10.1. The van der Waals surface area contributed by atoms with E-state index in [4.69, 9.17) is 16.3 Å². The lowest BCUT2D eigenvalue weighted by Crippen LogP contribution is -2.35. The van der Waals surface area contributed by atoms with Crippen LogP contribution in [0.5, 0.6) is 0 Å². The second-order valence-corrected chi connectivity index (χ2v) is 7.01. The van der Waals surface area contributed by atoms with E-state index in [-0.39, 0.29) is 5.91 Å². The highest BCUT2D eigenvalue weighted by molar-refractivity contribution is 7.98. The van der Waals surface area contributed by atoms with Gasteiger partial charge in [-0.05, 0) is 48.9 Å². The first-order valence-electron chi connectivity index (χ1n) is 8.06. The van der Waals surface area contributed by atoms with Gasteiger partial charge in [0.25, 0.3) is 5.91 Å². The zero-order valence-electron chi connectivity index (χ0n) is 14.4. The number of thioether (sulfide) groups is 1. The molecule has 26 heavy (non-hydrogen) atoms. The molecule has 0 radical (unpaired) electrons. The molecule has 0 fully saturated rings. The highest BCUT2D eigenvalue weighted by atomic mass is 35.5. The summed E-state index contributed by atoms with van der Waals surface area (Å²) >= 11 is 7.56. The minimum absolute atomic E-state index is 0.334. The second kappa shape index (κ2) is 10.0. The van der Waals surface area contributed by atoms with Gasteiger partial charge in [0.15, 0.2) is 6.10 Å². The molecular weight excluding hydrogens is 370 g/mol. The fraction of sp³-hybridized carbons (Fsp3) is 0.200. The van der Waals surface area contributed by atoms with Crippen molar-refractivity contribution in [1.29, 1.82) is 0 Å². The Morgan fingerprint density at radius 3 is 2.46 bits per heavy atom. The summed E-state index contributed by atoms with van der Waals surface area (Å²) in [6.45, 7) is 5.39. The predicted molar refractivity (Wildman–Crippen MR) is 106 cm³/mol. The predicted octanol–water partition coefficient (Wildman–Crippen LogP) is 4.48. The summed E-state index contributed by atoms with van der Waals surface area (Å²) in [5.41, 5.74) is 1.49. The number of hydrogen-bond acceptors (Lipinski definition) is 4. The first-order valence-corrected chi connectivity index (χ1v) is 9.43. The van der Waals surface area contributed by atoms with E-state index in [2.05, 4.69) is 11.9 Å². The summed E-state index contributed by atoms with van der Waals surface area (Å²) < 4.78 is 5.17. The molecule has 2 aromatic carbocycles. The van der Waals surface area contributed by atoms with Gasteiger partial charge in [0.2, 0.25) is 0 Å². The molecule has 0 bridgehead atoms. The third-order valence-corrected chi connectivity index (χ3v) is 4.82. The van der Waals surface area contributed by atoms with Crippen molar-refractivity contribution < 1.29 is 14.3 Å². The number of carbonyl (C=O) groups is 2. The Labute approximate surface area is 162 Å². The highest BCUT2D eigenvalue weighted by Gasteiger charge is 2.18. The number of benzene rings is 2. The SMILES string of the molecule is C=CCNC(=O)C(C)OC(=O)c1ccc(CSc2ccc(Cl)cc2)cc1. The van der Waals surface area contributed by atoms with E-state index >= 15 is 0 Å². The van der Waals surface area contributed by atoms with Crippen LogP contribution in [0.25, 0.3) is 0 Å². The fourth-order valence-electron chi connectivity index (χ4n) is 2.03. The Balaban J connectivity index is 1.87. The van der Waals surface area contributed by atoms with Crippen molar-refractivity contribution in [3.8, 4) is 0 Å². The fourth-order valence-corrected chi connectivity index (χ4v) is 3.01. The zero-order chi connectivity index (χ0) is 18.9. The maximum Gasteiger partial charge on any atom is 0.338 e. The van der Waals surface area contributed by atoms with E-state index in [0.717, 1.165) is 16.2 Å². The van der Waals surface area contributed by atoms with E-state index in [0.29, 0.717) is 17.1 Å². The van der Waals surface area contributed by atoms with Gasteiger partial charge in [-0.1, -0.05) is 29.8 Å². The molecule has 0 heterocycles. The van der Waals surface area contributed by atoms with Crippen molar-refractivity contribution in [3.05, 3.63) is 77.3 Å². The van der Waals surface area contributed by atoms with E-state index < -0.39 is 12.1 Å². The molecule has 2 aromatic rings. The summed E-state index contributed by atoms with van der Waals surface area (Å²) in [6, 6.07) is 14.8. The van der Waals surface area contributed by atoms with Crippen molar-refractivity contribution in [2.24, 2.45) is 0 Å².